The number of carbonyl (C=O) groups excluding carboxylic acids is 1. The largest absolute Gasteiger partial charge is 0.376 e. The van der Waals surface area contributed by atoms with Gasteiger partial charge in [0, 0.05) is 19.3 Å². The maximum Gasteiger partial charge on any atom is 0.253 e. The molecule has 0 saturated carbocycles. The van der Waals surface area contributed by atoms with E-state index in [1.165, 1.54) is 0 Å². The molecule has 0 radical (unpaired) electrons. The van der Waals surface area contributed by atoms with Crippen LogP contribution >= 0.6 is 11.6 Å². The summed E-state index contributed by atoms with van der Waals surface area (Å²) in [6.07, 6.45) is 3.25. The fourth-order valence-electron chi connectivity index (χ4n) is 3.29. The minimum absolute atomic E-state index is 0.160. The molecular weight excluding hydrogens is 332 g/mol. The SMILES string of the molecule is CC1CC=C(C(NC(=O)c2ccccc2Cl)c2ccccc2)N(C)C1. The van der Waals surface area contributed by atoms with Crippen molar-refractivity contribution in [3.05, 3.63) is 82.5 Å². The quantitative estimate of drug-likeness (QED) is 0.865. The molecule has 1 N–H and O–H groups in total. The molecule has 130 valence electrons. The molecule has 0 saturated heterocycles. The number of allylic oxidation sites excluding steroid dienone is 1. The van der Waals surface area contributed by atoms with Crippen molar-refractivity contribution in [3.8, 4) is 0 Å². The average Bonchev–Trinajstić information content (AvgIpc) is 2.61. The van der Waals surface area contributed by atoms with Gasteiger partial charge in [-0.1, -0.05) is 67.1 Å². The Hall–Kier alpha value is -2.26. The molecule has 0 spiro atoms. The molecule has 25 heavy (non-hydrogen) atoms. The molecule has 2 aromatic carbocycles. The normalized spacial score (nSPS) is 18.4. The summed E-state index contributed by atoms with van der Waals surface area (Å²) in [5, 5.41) is 3.64. The van der Waals surface area contributed by atoms with Gasteiger partial charge in [0.25, 0.3) is 5.91 Å². The van der Waals surface area contributed by atoms with E-state index in [0.29, 0.717) is 16.5 Å². The van der Waals surface area contributed by atoms with E-state index < -0.39 is 0 Å². The van der Waals surface area contributed by atoms with E-state index in [1.807, 2.05) is 42.5 Å². The van der Waals surface area contributed by atoms with Crippen LogP contribution in [-0.2, 0) is 0 Å². The molecule has 3 nitrogen and oxygen atoms in total. The highest BCUT2D eigenvalue weighted by atomic mass is 35.5. The van der Waals surface area contributed by atoms with E-state index in [4.69, 9.17) is 11.6 Å². The van der Waals surface area contributed by atoms with Gasteiger partial charge in [0.05, 0.1) is 16.6 Å². The molecule has 2 aromatic rings. The Morgan fingerprint density at radius 1 is 1.16 bits per heavy atom. The van der Waals surface area contributed by atoms with E-state index >= 15 is 0 Å². The monoisotopic (exact) mass is 354 g/mol. The first-order valence-electron chi connectivity index (χ1n) is 8.57. The Labute approximate surface area is 154 Å². The summed E-state index contributed by atoms with van der Waals surface area (Å²) in [5.41, 5.74) is 2.69. The number of nitrogens with one attached hydrogen (secondary N) is 1. The number of rotatable bonds is 4. The first-order chi connectivity index (χ1) is 12.1. The lowest BCUT2D eigenvalue weighted by molar-refractivity contribution is 0.0936. The first-order valence-corrected chi connectivity index (χ1v) is 8.95. The Balaban J connectivity index is 1.93. The van der Waals surface area contributed by atoms with E-state index in [0.717, 1.165) is 24.2 Å². The Morgan fingerprint density at radius 2 is 1.84 bits per heavy atom. The van der Waals surface area contributed by atoms with Crippen LogP contribution in [0.4, 0.5) is 0 Å². The predicted octanol–water partition coefficient (Wildman–Crippen LogP) is 4.67. The first kappa shape index (κ1) is 17.6. The van der Waals surface area contributed by atoms with E-state index in [-0.39, 0.29) is 11.9 Å². The third kappa shape index (κ3) is 4.05. The summed E-state index contributed by atoms with van der Waals surface area (Å²) >= 11 is 6.20. The standard InChI is InChI=1S/C21H23ClN2O/c1-15-12-13-19(24(2)14-15)20(16-8-4-3-5-9-16)23-21(25)17-10-6-7-11-18(17)22/h3-11,13,15,20H,12,14H2,1-2H3,(H,23,25). The van der Waals surface area contributed by atoms with Gasteiger partial charge >= 0.3 is 0 Å². The van der Waals surface area contributed by atoms with Crippen LogP contribution in [0.25, 0.3) is 0 Å². The molecule has 0 aliphatic carbocycles. The maximum atomic E-state index is 12.8. The van der Waals surface area contributed by atoms with Crippen molar-refractivity contribution in [2.45, 2.75) is 19.4 Å². The number of amides is 1. The van der Waals surface area contributed by atoms with Crippen LogP contribution < -0.4 is 5.32 Å². The highest BCUT2D eigenvalue weighted by Gasteiger charge is 2.26. The van der Waals surface area contributed by atoms with Crippen molar-refractivity contribution in [1.82, 2.24) is 10.2 Å². The number of hydrogen-bond acceptors (Lipinski definition) is 2. The number of likely N-dealkylation sites (N-methyl/N-ethyl adjacent to an activating group) is 1. The summed E-state index contributed by atoms with van der Waals surface area (Å²) in [4.78, 5) is 15.1. The summed E-state index contributed by atoms with van der Waals surface area (Å²) in [7, 11) is 2.08. The van der Waals surface area contributed by atoms with Crippen LogP contribution in [0, 0.1) is 5.92 Å². The van der Waals surface area contributed by atoms with Gasteiger partial charge in [-0.3, -0.25) is 4.79 Å². The highest BCUT2D eigenvalue weighted by Crippen LogP contribution is 2.30. The molecule has 1 aliphatic rings. The predicted molar refractivity (Wildman–Crippen MR) is 103 cm³/mol. The Morgan fingerprint density at radius 3 is 2.52 bits per heavy atom. The average molecular weight is 355 g/mol. The number of hydrogen-bond donors (Lipinski definition) is 1. The lowest BCUT2D eigenvalue weighted by Crippen LogP contribution is -2.38. The Kier molecular flexibility index (Phi) is 5.44. The molecule has 3 rings (SSSR count). The molecule has 0 aromatic heterocycles. The van der Waals surface area contributed by atoms with Crippen molar-refractivity contribution in [1.29, 1.82) is 0 Å². The maximum absolute atomic E-state index is 12.8. The number of nitrogens with zero attached hydrogens (tertiary/aromatic N) is 1. The zero-order valence-corrected chi connectivity index (χ0v) is 15.3. The molecule has 2 unspecified atom stereocenters. The number of halogens is 1. The topological polar surface area (TPSA) is 32.3 Å². The van der Waals surface area contributed by atoms with Crippen LogP contribution in [-0.4, -0.2) is 24.4 Å². The lowest BCUT2D eigenvalue weighted by atomic mass is 9.95. The van der Waals surface area contributed by atoms with E-state index in [2.05, 4.69) is 30.3 Å². The second-order valence-corrected chi connectivity index (χ2v) is 7.05. The van der Waals surface area contributed by atoms with Gasteiger partial charge < -0.3 is 10.2 Å². The van der Waals surface area contributed by atoms with Crippen LogP contribution in [0.5, 0.6) is 0 Å². The smallest absolute Gasteiger partial charge is 0.253 e. The molecule has 1 heterocycles. The van der Waals surface area contributed by atoms with Gasteiger partial charge in [-0.15, -0.1) is 0 Å². The van der Waals surface area contributed by atoms with Gasteiger partial charge in [0.15, 0.2) is 0 Å². The third-order valence-corrected chi connectivity index (χ3v) is 4.91. The molecule has 2 atom stereocenters. The molecule has 0 bridgehead atoms. The van der Waals surface area contributed by atoms with Gasteiger partial charge in [-0.05, 0) is 30.0 Å². The summed E-state index contributed by atoms with van der Waals surface area (Å²) in [5.74, 6) is 0.455. The van der Waals surface area contributed by atoms with Crippen LogP contribution in [0.3, 0.4) is 0 Å². The van der Waals surface area contributed by atoms with Gasteiger partial charge in [-0.25, -0.2) is 0 Å². The van der Waals surface area contributed by atoms with Crippen molar-refractivity contribution in [2.24, 2.45) is 5.92 Å². The highest BCUT2D eigenvalue weighted by molar-refractivity contribution is 6.33. The van der Waals surface area contributed by atoms with Crippen LogP contribution in [0.2, 0.25) is 5.02 Å². The third-order valence-electron chi connectivity index (χ3n) is 4.58. The van der Waals surface area contributed by atoms with E-state index in [1.54, 1.807) is 12.1 Å². The van der Waals surface area contributed by atoms with Crippen LogP contribution in [0.1, 0.15) is 35.3 Å². The van der Waals surface area contributed by atoms with Crippen molar-refractivity contribution in [2.75, 3.05) is 13.6 Å². The van der Waals surface area contributed by atoms with Crippen LogP contribution in [0.15, 0.2) is 66.4 Å². The van der Waals surface area contributed by atoms with Crippen molar-refractivity contribution < 1.29 is 4.79 Å². The van der Waals surface area contributed by atoms with Gasteiger partial charge in [0.1, 0.15) is 0 Å². The molecule has 1 aliphatic heterocycles. The molecule has 1 amide bonds. The number of carbonyl (C=O) groups is 1. The van der Waals surface area contributed by atoms with Crippen molar-refractivity contribution >= 4 is 17.5 Å². The second kappa shape index (κ2) is 7.75. The van der Waals surface area contributed by atoms with Gasteiger partial charge in [-0.2, -0.15) is 0 Å². The minimum Gasteiger partial charge on any atom is -0.376 e. The number of benzene rings is 2. The zero-order chi connectivity index (χ0) is 17.8. The van der Waals surface area contributed by atoms with Gasteiger partial charge in [0.2, 0.25) is 0 Å². The summed E-state index contributed by atoms with van der Waals surface area (Å²) in [6, 6.07) is 17.0. The fraction of sp³-hybridized carbons (Fsp3) is 0.286. The lowest BCUT2D eigenvalue weighted by Gasteiger charge is -2.35. The minimum atomic E-state index is -0.192. The molecule has 4 heteroatoms. The summed E-state index contributed by atoms with van der Waals surface area (Å²) in [6.45, 7) is 3.22. The summed E-state index contributed by atoms with van der Waals surface area (Å²) < 4.78 is 0. The second-order valence-electron chi connectivity index (χ2n) is 6.65. The molecule has 0 fully saturated rings. The molecular formula is C21H23ClN2O. The fourth-order valence-corrected chi connectivity index (χ4v) is 3.51. The Bertz CT molecular complexity index is 772. The zero-order valence-electron chi connectivity index (χ0n) is 14.6. The van der Waals surface area contributed by atoms with Crippen molar-refractivity contribution in [3.63, 3.8) is 0 Å². The van der Waals surface area contributed by atoms with E-state index in [9.17, 15) is 4.79 Å².